The van der Waals surface area contributed by atoms with Crippen molar-refractivity contribution in [2.45, 2.75) is 0 Å². The number of hydrogen-bond acceptors (Lipinski definition) is 3. The third kappa shape index (κ3) is 3.87. The number of rotatable bonds is 3. The minimum Gasteiger partial charge on any atom is -0.455 e. The molecule has 0 fully saturated rings. The van der Waals surface area contributed by atoms with Gasteiger partial charge in [0.2, 0.25) is 5.95 Å². The summed E-state index contributed by atoms with van der Waals surface area (Å²) in [6, 6.07) is 57.7. The fourth-order valence-corrected chi connectivity index (χ4v) is 7.90. The van der Waals surface area contributed by atoms with Crippen LogP contribution in [0.3, 0.4) is 0 Å². The van der Waals surface area contributed by atoms with E-state index in [1.54, 1.807) is 0 Å². The zero-order valence-corrected chi connectivity index (χ0v) is 26.8. The van der Waals surface area contributed by atoms with E-state index in [0.29, 0.717) is 5.95 Å². The van der Waals surface area contributed by atoms with Gasteiger partial charge in [0.1, 0.15) is 11.2 Å². The van der Waals surface area contributed by atoms with Crippen LogP contribution < -0.4 is 0 Å². The van der Waals surface area contributed by atoms with Crippen LogP contribution in [0.1, 0.15) is 0 Å². The molecule has 4 heteroatoms. The molecule has 0 saturated carbocycles. The molecule has 0 saturated heterocycles. The Balaban J connectivity index is 1.33. The number of para-hydroxylation sites is 3. The fourth-order valence-electron chi connectivity index (χ4n) is 7.90. The lowest BCUT2D eigenvalue weighted by molar-refractivity contribution is 0.670. The molecule has 8 aromatic carbocycles. The lowest BCUT2D eigenvalue weighted by atomic mass is 9.99. The Hall–Kier alpha value is -6.78. The normalized spacial score (nSPS) is 12.0. The lowest BCUT2D eigenvalue weighted by Gasteiger charge is -2.15. The van der Waals surface area contributed by atoms with Gasteiger partial charge in [-0.15, -0.1) is 0 Å². The van der Waals surface area contributed by atoms with Crippen molar-refractivity contribution < 1.29 is 4.42 Å². The van der Waals surface area contributed by atoms with Gasteiger partial charge in [0.15, 0.2) is 0 Å². The maximum Gasteiger partial charge on any atom is 0.235 e. The summed E-state index contributed by atoms with van der Waals surface area (Å²) in [5.74, 6) is 0.632. The molecule has 3 heterocycles. The van der Waals surface area contributed by atoms with Crippen LogP contribution in [0.25, 0.3) is 105 Å². The van der Waals surface area contributed by atoms with E-state index in [1.165, 1.54) is 10.8 Å². The molecule has 0 atom stereocenters. The zero-order chi connectivity index (χ0) is 32.8. The Labute approximate surface area is 286 Å². The molecular formula is C46H27N3O. The maximum absolute atomic E-state index is 6.61. The van der Waals surface area contributed by atoms with Gasteiger partial charge >= 0.3 is 0 Å². The van der Waals surface area contributed by atoms with Gasteiger partial charge in [-0.2, -0.15) is 0 Å². The predicted molar refractivity (Wildman–Crippen MR) is 207 cm³/mol. The second kappa shape index (κ2) is 10.4. The first-order valence-electron chi connectivity index (χ1n) is 16.9. The van der Waals surface area contributed by atoms with E-state index in [2.05, 4.69) is 150 Å². The van der Waals surface area contributed by atoms with Crippen molar-refractivity contribution in [2.75, 3.05) is 0 Å². The van der Waals surface area contributed by atoms with Gasteiger partial charge in [0, 0.05) is 49.0 Å². The average Bonchev–Trinajstić information content (AvgIpc) is 3.72. The highest BCUT2D eigenvalue weighted by Crippen LogP contribution is 2.43. The van der Waals surface area contributed by atoms with Crippen molar-refractivity contribution in [3.05, 3.63) is 164 Å². The molecule has 11 rings (SSSR count). The summed E-state index contributed by atoms with van der Waals surface area (Å²) in [7, 11) is 0. The van der Waals surface area contributed by atoms with Crippen LogP contribution >= 0.6 is 0 Å². The molecule has 50 heavy (non-hydrogen) atoms. The van der Waals surface area contributed by atoms with Gasteiger partial charge in [-0.25, -0.2) is 9.97 Å². The van der Waals surface area contributed by atoms with Crippen LogP contribution in [-0.2, 0) is 0 Å². The summed E-state index contributed by atoms with van der Waals surface area (Å²) in [5.41, 5.74) is 8.84. The average molecular weight is 638 g/mol. The summed E-state index contributed by atoms with van der Waals surface area (Å²) in [5, 5.41) is 10.1. The van der Waals surface area contributed by atoms with E-state index in [1.807, 2.05) is 18.2 Å². The van der Waals surface area contributed by atoms with Gasteiger partial charge in [-0.1, -0.05) is 140 Å². The minimum atomic E-state index is 0.632. The topological polar surface area (TPSA) is 43.9 Å². The second-order valence-electron chi connectivity index (χ2n) is 13.0. The summed E-state index contributed by atoms with van der Waals surface area (Å²) in [6.45, 7) is 0. The van der Waals surface area contributed by atoms with Gasteiger partial charge in [0.05, 0.1) is 22.2 Å². The number of aromatic nitrogens is 3. The first-order valence-corrected chi connectivity index (χ1v) is 16.9. The van der Waals surface area contributed by atoms with Gasteiger partial charge in [0.25, 0.3) is 0 Å². The van der Waals surface area contributed by atoms with E-state index in [9.17, 15) is 0 Å². The summed E-state index contributed by atoms with van der Waals surface area (Å²) < 4.78 is 8.89. The molecule has 0 unspecified atom stereocenters. The Morgan fingerprint density at radius 2 is 1.12 bits per heavy atom. The first-order chi connectivity index (χ1) is 24.8. The van der Waals surface area contributed by atoms with Gasteiger partial charge < -0.3 is 4.42 Å². The van der Waals surface area contributed by atoms with Crippen molar-refractivity contribution in [1.82, 2.24) is 14.5 Å². The number of furan rings is 1. The van der Waals surface area contributed by atoms with Crippen LogP contribution in [-0.4, -0.2) is 14.5 Å². The van der Waals surface area contributed by atoms with Crippen molar-refractivity contribution in [1.29, 1.82) is 0 Å². The molecule has 3 aromatic heterocycles. The molecule has 0 aliphatic heterocycles. The standard InChI is InChI=1S/C46H27N3O/c1-2-13-29(14-3-1)42-38-25-24-28-12-6-7-17-32(28)43(38)48-46(47-42)49-40-27-31-16-5-4-15-30(31)26-39(40)35-20-10-19-34(44(35)49)37-22-11-21-36-33-18-8-9-23-41(33)50-45(36)37/h1-27H. The van der Waals surface area contributed by atoms with Crippen molar-refractivity contribution in [3.8, 4) is 28.3 Å². The van der Waals surface area contributed by atoms with E-state index < -0.39 is 0 Å². The predicted octanol–water partition coefficient (Wildman–Crippen LogP) is 12.3. The third-order valence-corrected chi connectivity index (χ3v) is 10.2. The maximum atomic E-state index is 6.61. The molecule has 0 radical (unpaired) electrons. The molecule has 0 aliphatic carbocycles. The second-order valence-corrected chi connectivity index (χ2v) is 13.0. The molecule has 11 aromatic rings. The number of nitrogens with zero attached hydrogens (tertiary/aromatic N) is 3. The zero-order valence-electron chi connectivity index (χ0n) is 26.8. The molecule has 0 amide bonds. The summed E-state index contributed by atoms with van der Waals surface area (Å²) >= 11 is 0. The first kappa shape index (κ1) is 27.2. The van der Waals surface area contributed by atoms with E-state index in [-0.39, 0.29) is 0 Å². The lowest BCUT2D eigenvalue weighted by Crippen LogP contribution is -2.04. The highest BCUT2D eigenvalue weighted by Gasteiger charge is 2.23. The number of hydrogen-bond donors (Lipinski definition) is 0. The Morgan fingerprint density at radius 3 is 1.98 bits per heavy atom. The Morgan fingerprint density at radius 1 is 0.440 bits per heavy atom. The smallest absolute Gasteiger partial charge is 0.235 e. The fraction of sp³-hybridized carbons (Fsp3) is 0. The van der Waals surface area contributed by atoms with Gasteiger partial charge in [-0.3, -0.25) is 4.57 Å². The van der Waals surface area contributed by atoms with Crippen molar-refractivity contribution in [3.63, 3.8) is 0 Å². The van der Waals surface area contributed by atoms with Crippen molar-refractivity contribution in [2.24, 2.45) is 0 Å². The molecule has 0 aliphatic rings. The van der Waals surface area contributed by atoms with Crippen LogP contribution in [0.4, 0.5) is 0 Å². The van der Waals surface area contributed by atoms with Gasteiger partial charge in [-0.05, 0) is 40.4 Å². The monoisotopic (exact) mass is 637 g/mol. The molecule has 0 N–H and O–H groups in total. The van der Waals surface area contributed by atoms with E-state index in [4.69, 9.17) is 14.4 Å². The summed E-state index contributed by atoms with van der Waals surface area (Å²) in [6.07, 6.45) is 0. The SMILES string of the molecule is c1ccc(-c2nc(-n3c4cc5ccccc5cc4c4cccc(-c5cccc6c5oc5ccccc56)c43)nc3c2ccc2ccccc23)cc1. The summed E-state index contributed by atoms with van der Waals surface area (Å²) in [4.78, 5) is 10.9. The quantitative estimate of drug-likeness (QED) is 0.181. The molecule has 0 spiro atoms. The highest BCUT2D eigenvalue weighted by atomic mass is 16.3. The van der Waals surface area contributed by atoms with Crippen LogP contribution in [0.2, 0.25) is 0 Å². The highest BCUT2D eigenvalue weighted by molar-refractivity contribution is 6.19. The minimum absolute atomic E-state index is 0.632. The van der Waals surface area contributed by atoms with Crippen LogP contribution in [0, 0.1) is 0 Å². The third-order valence-electron chi connectivity index (χ3n) is 10.2. The largest absolute Gasteiger partial charge is 0.455 e. The van der Waals surface area contributed by atoms with Crippen LogP contribution in [0.5, 0.6) is 0 Å². The molecule has 232 valence electrons. The van der Waals surface area contributed by atoms with E-state index >= 15 is 0 Å². The number of benzene rings is 8. The van der Waals surface area contributed by atoms with E-state index in [0.717, 1.165) is 87.8 Å². The number of fused-ring (bicyclic) bond motifs is 10. The van der Waals surface area contributed by atoms with Crippen molar-refractivity contribution >= 4 is 76.2 Å². The Bertz CT molecular complexity index is 3150. The molecular weight excluding hydrogens is 611 g/mol. The molecule has 0 bridgehead atoms. The molecule has 4 nitrogen and oxygen atoms in total. The van der Waals surface area contributed by atoms with Crippen LogP contribution in [0.15, 0.2) is 168 Å². The Kier molecular flexibility index (Phi) is 5.63.